The van der Waals surface area contributed by atoms with Crippen molar-refractivity contribution in [3.63, 3.8) is 0 Å². The number of benzene rings is 1. The van der Waals surface area contributed by atoms with Crippen LogP contribution in [0.1, 0.15) is 34.9 Å². The Balaban J connectivity index is 1.76. The molecule has 142 valence electrons. The van der Waals surface area contributed by atoms with Gasteiger partial charge in [-0.3, -0.25) is 9.59 Å². The third kappa shape index (κ3) is 3.85. The molecule has 0 unspecified atom stereocenters. The molecule has 0 bridgehead atoms. The van der Waals surface area contributed by atoms with Crippen LogP contribution in [0, 0.1) is 19.7 Å². The summed E-state index contributed by atoms with van der Waals surface area (Å²) in [6, 6.07) is 4.28. The molecule has 0 spiro atoms. The lowest BCUT2D eigenvalue weighted by Gasteiger charge is -2.13. The zero-order chi connectivity index (χ0) is 19.7. The van der Waals surface area contributed by atoms with Gasteiger partial charge in [-0.1, -0.05) is 6.07 Å². The first-order valence-corrected chi connectivity index (χ1v) is 9.13. The van der Waals surface area contributed by atoms with Crippen LogP contribution in [-0.4, -0.2) is 23.0 Å². The third-order valence-electron chi connectivity index (χ3n) is 4.32. The number of thiophene rings is 1. The average Bonchev–Trinajstić information content (AvgIpc) is 2.89. The Morgan fingerprint density at radius 3 is 2.78 bits per heavy atom. The van der Waals surface area contributed by atoms with Crippen molar-refractivity contribution in [3.05, 3.63) is 56.2 Å². The molecule has 6 nitrogen and oxygen atoms in total. The number of carbonyl (C=O) groups excluding carboxylic acids is 1. The minimum Gasteiger partial charge on any atom is -0.494 e. The Morgan fingerprint density at radius 2 is 2.11 bits per heavy atom. The van der Waals surface area contributed by atoms with E-state index in [-0.39, 0.29) is 23.6 Å². The second-order valence-corrected chi connectivity index (χ2v) is 7.40. The molecule has 0 amide bonds. The highest BCUT2D eigenvalue weighted by Gasteiger charge is 2.18. The molecule has 1 N–H and O–H groups in total. The van der Waals surface area contributed by atoms with Gasteiger partial charge in [0.05, 0.1) is 18.9 Å². The number of hydrogen-bond donors (Lipinski definition) is 1. The predicted octanol–water partition coefficient (Wildman–Crippen LogP) is 3.60. The normalized spacial score (nSPS) is 12.2. The van der Waals surface area contributed by atoms with E-state index in [2.05, 4.69) is 9.97 Å². The Morgan fingerprint density at radius 1 is 1.37 bits per heavy atom. The highest BCUT2D eigenvalue weighted by atomic mass is 32.1. The first kappa shape index (κ1) is 19.0. The van der Waals surface area contributed by atoms with Gasteiger partial charge in [0.2, 0.25) is 0 Å². The Kier molecular flexibility index (Phi) is 5.27. The van der Waals surface area contributed by atoms with Crippen molar-refractivity contribution in [3.8, 4) is 5.75 Å². The van der Waals surface area contributed by atoms with Crippen LogP contribution in [0.5, 0.6) is 5.75 Å². The molecule has 1 atom stereocenters. The lowest BCUT2D eigenvalue weighted by molar-refractivity contribution is -0.148. The molecule has 0 saturated carbocycles. The van der Waals surface area contributed by atoms with Gasteiger partial charge < -0.3 is 14.5 Å². The van der Waals surface area contributed by atoms with E-state index in [1.54, 1.807) is 13.0 Å². The van der Waals surface area contributed by atoms with Crippen LogP contribution in [0.3, 0.4) is 0 Å². The quantitative estimate of drug-likeness (QED) is 0.673. The molecule has 8 heteroatoms. The molecule has 0 aliphatic heterocycles. The van der Waals surface area contributed by atoms with E-state index in [9.17, 15) is 14.0 Å². The van der Waals surface area contributed by atoms with Gasteiger partial charge in [0.25, 0.3) is 5.56 Å². The van der Waals surface area contributed by atoms with Gasteiger partial charge in [-0.25, -0.2) is 9.37 Å². The van der Waals surface area contributed by atoms with Gasteiger partial charge in [0.1, 0.15) is 4.83 Å². The van der Waals surface area contributed by atoms with E-state index < -0.39 is 17.9 Å². The topological polar surface area (TPSA) is 81.3 Å². The first-order chi connectivity index (χ1) is 12.8. The molecule has 1 aromatic carbocycles. The second-order valence-electron chi connectivity index (χ2n) is 6.19. The number of nitrogens with zero attached hydrogens (tertiary/aromatic N) is 1. The maximum absolute atomic E-state index is 13.7. The number of esters is 1. The van der Waals surface area contributed by atoms with Crippen LogP contribution < -0.4 is 10.3 Å². The summed E-state index contributed by atoms with van der Waals surface area (Å²) >= 11 is 1.43. The minimum atomic E-state index is -0.736. The van der Waals surface area contributed by atoms with E-state index in [1.165, 1.54) is 30.6 Å². The van der Waals surface area contributed by atoms with Crippen molar-refractivity contribution in [2.45, 2.75) is 33.3 Å². The average molecular weight is 390 g/mol. The molecule has 3 aromatic rings. The number of aromatic nitrogens is 2. The lowest BCUT2D eigenvalue weighted by Crippen LogP contribution is -2.18. The van der Waals surface area contributed by atoms with Crippen molar-refractivity contribution in [2.24, 2.45) is 0 Å². The number of hydrogen-bond acceptors (Lipinski definition) is 6. The zero-order valence-electron chi connectivity index (χ0n) is 15.4. The Bertz CT molecular complexity index is 1070. The summed E-state index contributed by atoms with van der Waals surface area (Å²) in [5, 5.41) is 0.563. The number of rotatable bonds is 5. The number of methoxy groups -OCH3 is 1. The van der Waals surface area contributed by atoms with Crippen LogP contribution in [-0.2, 0) is 16.0 Å². The predicted molar refractivity (Wildman–Crippen MR) is 101 cm³/mol. The van der Waals surface area contributed by atoms with Gasteiger partial charge in [0.15, 0.2) is 23.5 Å². The number of aryl methyl sites for hydroxylation is 2. The molecule has 0 aliphatic rings. The molecule has 0 fully saturated rings. The summed E-state index contributed by atoms with van der Waals surface area (Å²) in [6.45, 7) is 5.43. The van der Waals surface area contributed by atoms with Gasteiger partial charge in [0, 0.05) is 4.88 Å². The van der Waals surface area contributed by atoms with Crippen molar-refractivity contribution >= 4 is 27.5 Å². The van der Waals surface area contributed by atoms with E-state index in [4.69, 9.17) is 9.47 Å². The van der Waals surface area contributed by atoms with Gasteiger partial charge in [-0.05, 0) is 44.0 Å². The maximum atomic E-state index is 13.7. The van der Waals surface area contributed by atoms with Crippen molar-refractivity contribution < 1.29 is 18.7 Å². The highest BCUT2D eigenvalue weighted by molar-refractivity contribution is 7.18. The Hall–Kier alpha value is -2.74. The van der Waals surface area contributed by atoms with Crippen molar-refractivity contribution in [1.82, 2.24) is 9.97 Å². The molecule has 27 heavy (non-hydrogen) atoms. The van der Waals surface area contributed by atoms with Gasteiger partial charge in [-0.15, -0.1) is 11.3 Å². The fourth-order valence-electron chi connectivity index (χ4n) is 2.75. The SMILES string of the molecule is COc1ccc(CC(=O)O[C@H](C)c2nc3sc(C)c(C)c3c(=O)[nH]2)cc1F. The van der Waals surface area contributed by atoms with Crippen LogP contribution in [0.4, 0.5) is 4.39 Å². The van der Waals surface area contributed by atoms with E-state index >= 15 is 0 Å². The number of halogens is 1. The monoisotopic (exact) mass is 390 g/mol. The van der Waals surface area contributed by atoms with E-state index in [1.807, 2.05) is 13.8 Å². The van der Waals surface area contributed by atoms with Crippen LogP contribution in [0.25, 0.3) is 10.2 Å². The van der Waals surface area contributed by atoms with Gasteiger partial charge >= 0.3 is 5.97 Å². The van der Waals surface area contributed by atoms with Crippen LogP contribution >= 0.6 is 11.3 Å². The molecular formula is C19H19FN2O4S. The smallest absolute Gasteiger partial charge is 0.310 e. The largest absolute Gasteiger partial charge is 0.494 e. The molecule has 2 heterocycles. The molecule has 3 rings (SSSR count). The third-order valence-corrected chi connectivity index (χ3v) is 5.42. The van der Waals surface area contributed by atoms with Gasteiger partial charge in [-0.2, -0.15) is 0 Å². The summed E-state index contributed by atoms with van der Waals surface area (Å²) in [7, 11) is 1.37. The zero-order valence-corrected chi connectivity index (χ0v) is 16.2. The number of H-pyrrole nitrogens is 1. The number of aromatic amines is 1. The molecule has 2 aromatic heterocycles. The molecule has 0 aliphatic carbocycles. The van der Waals surface area contributed by atoms with Crippen LogP contribution in [0.15, 0.2) is 23.0 Å². The minimum absolute atomic E-state index is 0.102. The first-order valence-electron chi connectivity index (χ1n) is 8.32. The Labute approximate surface area is 159 Å². The standard InChI is InChI=1S/C19H19FN2O4S/c1-9-11(3)27-19-16(9)18(24)21-17(22-19)10(2)26-15(23)8-12-5-6-14(25-4)13(20)7-12/h5-7,10H,8H2,1-4H3,(H,21,22,24)/t10-/m1/s1. The fourth-order valence-corrected chi connectivity index (χ4v) is 3.78. The lowest BCUT2D eigenvalue weighted by atomic mass is 10.1. The number of nitrogens with one attached hydrogen (secondary N) is 1. The molecule has 0 saturated heterocycles. The molecular weight excluding hydrogens is 371 g/mol. The number of fused-ring (bicyclic) bond motifs is 1. The van der Waals surface area contributed by atoms with Crippen LogP contribution in [0.2, 0.25) is 0 Å². The molecule has 0 radical (unpaired) electrons. The summed E-state index contributed by atoms with van der Waals surface area (Å²) in [4.78, 5) is 33.2. The highest BCUT2D eigenvalue weighted by Crippen LogP contribution is 2.27. The maximum Gasteiger partial charge on any atom is 0.310 e. The van der Waals surface area contributed by atoms with E-state index in [0.717, 1.165) is 10.4 Å². The number of carbonyl (C=O) groups is 1. The van der Waals surface area contributed by atoms with Crippen molar-refractivity contribution in [1.29, 1.82) is 0 Å². The summed E-state index contributed by atoms with van der Waals surface area (Å²) in [6.07, 6.45) is -0.838. The van der Waals surface area contributed by atoms with E-state index in [0.29, 0.717) is 15.8 Å². The summed E-state index contributed by atoms with van der Waals surface area (Å²) in [5.41, 5.74) is 1.12. The summed E-state index contributed by atoms with van der Waals surface area (Å²) in [5.74, 6) is -0.704. The fraction of sp³-hybridized carbons (Fsp3) is 0.316. The van der Waals surface area contributed by atoms with Crippen molar-refractivity contribution in [2.75, 3.05) is 7.11 Å². The number of ether oxygens (including phenoxy) is 2. The summed E-state index contributed by atoms with van der Waals surface area (Å²) < 4.78 is 23.9. The second kappa shape index (κ2) is 7.48.